The van der Waals surface area contributed by atoms with Gasteiger partial charge in [-0.2, -0.15) is 0 Å². The van der Waals surface area contributed by atoms with Crippen molar-refractivity contribution in [1.29, 1.82) is 0 Å². The van der Waals surface area contributed by atoms with Crippen LogP contribution in [-0.2, 0) is 4.79 Å². The van der Waals surface area contributed by atoms with Gasteiger partial charge >= 0.3 is 0 Å². The molecule has 1 saturated heterocycles. The van der Waals surface area contributed by atoms with Gasteiger partial charge < -0.3 is 10.6 Å². The van der Waals surface area contributed by atoms with Gasteiger partial charge in [-0.15, -0.1) is 12.4 Å². The number of carbonyl (C=O) groups excluding carboxylic acids is 1. The number of carbonyl (C=O) groups is 1. The molecule has 4 rings (SSSR count). The van der Waals surface area contributed by atoms with Gasteiger partial charge in [0.25, 0.3) is 0 Å². The Morgan fingerprint density at radius 2 is 2.04 bits per heavy atom. The van der Waals surface area contributed by atoms with Crippen LogP contribution in [0, 0.1) is 11.7 Å². The van der Waals surface area contributed by atoms with E-state index in [9.17, 15) is 9.18 Å². The fourth-order valence-corrected chi connectivity index (χ4v) is 4.26. The lowest BCUT2D eigenvalue weighted by molar-refractivity contribution is -0.123. The second-order valence-corrected chi connectivity index (χ2v) is 7.12. The van der Waals surface area contributed by atoms with E-state index in [0.717, 1.165) is 18.4 Å². The van der Waals surface area contributed by atoms with Gasteiger partial charge in [0.1, 0.15) is 5.82 Å². The van der Waals surface area contributed by atoms with Crippen LogP contribution in [0.4, 0.5) is 4.39 Å². The molecule has 5 atom stereocenters. The molecule has 5 unspecified atom stereocenters. The zero-order valence-electron chi connectivity index (χ0n) is 13.1. The SMILES string of the molecule is Cl.O=C(NC1CC1c1cccc(F)c1)C1CC2CCCCC2N1. The number of amides is 1. The van der Waals surface area contributed by atoms with E-state index in [-0.39, 0.29) is 42.1 Å². The minimum Gasteiger partial charge on any atom is -0.351 e. The maximum absolute atomic E-state index is 13.3. The predicted octanol–water partition coefficient (Wildman–Crippen LogP) is 3.14. The number of halogens is 2. The monoisotopic (exact) mass is 338 g/mol. The highest BCUT2D eigenvalue weighted by Gasteiger charge is 2.43. The lowest BCUT2D eigenvalue weighted by atomic mass is 9.85. The minimum atomic E-state index is -0.198. The highest BCUT2D eigenvalue weighted by Crippen LogP contribution is 2.41. The van der Waals surface area contributed by atoms with Gasteiger partial charge in [0.2, 0.25) is 5.91 Å². The van der Waals surface area contributed by atoms with Gasteiger partial charge in [0, 0.05) is 18.0 Å². The van der Waals surface area contributed by atoms with E-state index in [0.29, 0.717) is 12.0 Å². The number of hydrogen-bond donors (Lipinski definition) is 2. The van der Waals surface area contributed by atoms with Crippen LogP contribution in [0.25, 0.3) is 0 Å². The van der Waals surface area contributed by atoms with E-state index in [1.165, 1.54) is 31.7 Å². The molecule has 3 aliphatic rings. The van der Waals surface area contributed by atoms with E-state index in [2.05, 4.69) is 10.6 Å². The van der Waals surface area contributed by atoms with Gasteiger partial charge in [0.05, 0.1) is 6.04 Å². The average molecular weight is 339 g/mol. The Labute approximate surface area is 142 Å². The Morgan fingerprint density at radius 1 is 1.22 bits per heavy atom. The van der Waals surface area contributed by atoms with Gasteiger partial charge in [-0.05, 0) is 49.3 Å². The maximum Gasteiger partial charge on any atom is 0.237 e. The zero-order chi connectivity index (χ0) is 15.1. The van der Waals surface area contributed by atoms with Crippen LogP contribution in [-0.4, -0.2) is 24.0 Å². The van der Waals surface area contributed by atoms with Crippen molar-refractivity contribution in [3.05, 3.63) is 35.6 Å². The third-order valence-electron chi connectivity index (χ3n) is 5.57. The molecule has 0 aromatic heterocycles. The van der Waals surface area contributed by atoms with Crippen molar-refractivity contribution in [2.45, 2.75) is 62.6 Å². The van der Waals surface area contributed by atoms with Gasteiger partial charge in [-0.25, -0.2) is 4.39 Å². The van der Waals surface area contributed by atoms with Crippen molar-refractivity contribution in [2.75, 3.05) is 0 Å². The predicted molar refractivity (Wildman–Crippen MR) is 90.2 cm³/mol. The second-order valence-electron chi connectivity index (χ2n) is 7.12. The number of benzene rings is 1. The maximum atomic E-state index is 13.3. The molecule has 126 valence electrons. The van der Waals surface area contributed by atoms with Gasteiger partial charge in [-0.1, -0.05) is 25.0 Å². The molecule has 3 fully saturated rings. The molecule has 0 radical (unpaired) electrons. The summed E-state index contributed by atoms with van der Waals surface area (Å²) in [5, 5.41) is 6.67. The molecule has 0 spiro atoms. The lowest BCUT2D eigenvalue weighted by Crippen LogP contribution is -2.44. The first-order valence-corrected chi connectivity index (χ1v) is 8.52. The Hall–Kier alpha value is -1.13. The third kappa shape index (κ3) is 3.53. The Morgan fingerprint density at radius 3 is 2.83 bits per heavy atom. The number of rotatable bonds is 3. The standard InChI is InChI=1S/C18H23FN2O.ClH/c19-13-6-3-5-11(8-13)14-10-16(14)21-18(22)17-9-12-4-1-2-7-15(12)20-17;/h3,5-6,8,12,14-17,20H,1-2,4,7,9-10H2,(H,21,22);1H. The van der Waals surface area contributed by atoms with Crippen molar-refractivity contribution in [1.82, 2.24) is 10.6 Å². The summed E-state index contributed by atoms with van der Waals surface area (Å²) in [4.78, 5) is 12.4. The Balaban J connectivity index is 0.00000156. The van der Waals surface area contributed by atoms with Crippen molar-refractivity contribution in [2.24, 2.45) is 5.92 Å². The van der Waals surface area contributed by atoms with Crippen molar-refractivity contribution >= 4 is 18.3 Å². The molecule has 1 aliphatic heterocycles. The quantitative estimate of drug-likeness (QED) is 0.889. The molecule has 1 heterocycles. The summed E-state index contributed by atoms with van der Waals surface area (Å²) < 4.78 is 13.3. The molecule has 2 saturated carbocycles. The first-order chi connectivity index (χ1) is 10.7. The topological polar surface area (TPSA) is 41.1 Å². The Kier molecular flexibility index (Phi) is 4.93. The summed E-state index contributed by atoms with van der Waals surface area (Å²) in [7, 11) is 0. The van der Waals surface area contributed by atoms with Gasteiger partial charge in [0.15, 0.2) is 0 Å². The molecule has 2 N–H and O–H groups in total. The summed E-state index contributed by atoms with van der Waals surface area (Å²) in [6, 6.07) is 7.43. The van der Waals surface area contributed by atoms with E-state index < -0.39 is 0 Å². The Bertz CT molecular complexity index is 568. The summed E-state index contributed by atoms with van der Waals surface area (Å²) in [5.41, 5.74) is 0.998. The average Bonchev–Trinajstić information content (AvgIpc) is 3.14. The summed E-state index contributed by atoms with van der Waals surface area (Å²) in [6.07, 6.45) is 6.97. The molecule has 1 aromatic rings. The molecule has 0 bridgehead atoms. The summed E-state index contributed by atoms with van der Waals surface area (Å²) in [6.45, 7) is 0. The normalized spacial score (nSPS) is 35.1. The first kappa shape index (κ1) is 16.7. The molecule has 3 nitrogen and oxygen atoms in total. The number of nitrogens with one attached hydrogen (secondary N) is 2. The fraction of sp³-hybridized carbons (Fsp3) is 0.611. The van der Waals surface area contributed by atoms with Crippen LogP contribution in [0.1, 0.15) is 50.0 Å². The van der Waals surface area contributed by atoms with Crippen LogP contribution in [0.2, 0.25) is 0 Å². The highest BCUT2D eigenvalue weighted by molar-refractivity contribution is 5.85. The molecular weight excluding hydrogens is 315 g/mol. The van der Waals surface area contributed by atoms with E-state index >= 15 is 0 Å². The van der Waals surface area contributed by atoms with Crippen LogP contribution in [0.15, 0.2) is 24.3 Å². The van der Waals surface area contributed by atoms with Crippen molar-refractivity contribution < 1.29 is 9.18 Å². The molecule has 1 amide bonds. The van der Waals surface area contributed by atoms with Crippen molar-refractivity contribution in [3.8, 4) is 0 Å². The molecular formula is C18H24ClFN2O. The largest absolute Gasteiger partial charge is 0.351 e. The van der Waals surface area contributed by atoms with E-state index in [1.807, 2.05) is 6.07 Å². The molecule has 23 heavy (non-hydrogen) atoms. The lowest BCUT2D eigenvalue weighted by Gasteiger charge is -2.24. The summed E-state index contributed by atoms with van der Waals surface area (Å²) >= 11 is 0. The summed E-state index contributed by atoms with van der Waals surface area (Å²) in [5.74, 6) is 0.903. The molecule has 5 heteroatoms. The third-order valence-corrected chi connectivity index (χ3v) is 5.57. The number of hydrogen-bond acceptors (Lipinski definition) is 2. The highest BCUT2D eigenvalue weighted by atomic mass is 35.5. The fourth-order valence-electron chi connectivity index (χ4n) is 4.26. The minimum absolute atomic E-state index is 0. The van der Waals surface area contributed by atoms with Crippen LogP contribution < -0.4 is 10.6 Å². The van der Waals surface area contributed by atoms with E-state index in [1.54, 1.807) is 12.1 Å². The first-order valence-electron chi connectivity index (χ1n) is 8.52. The van der Waals surface area contributed by atoms with Gasteiger partial charge in [-0.3, -0.25) is 4.79 Å². The van der Waals surface area contributed by atoms with Crippen molar-refractivity contribution in [3.63, 3.8) is 0 Å². The van der Waals surface area contributed by atoms with Crippen LogP contribution in [0.3, 0.4) is 0 Å². The smallest absolute Gasteiger partial charge is 0.237 e. The van der Waals surface area contributed by atoms with Crippen LogP contribution in [0.5, 0.6) is 0 Å². The molecule has 1 aromatic carbocycles. The second kappa shape index (κ2) is 6.78. The zero-order valence-corrected chi connectivity index (χ0v) is 13.9. The molecule has 2 aliphatic carbocycles. The number of fused-ring (bicyclic) bond motifs is 1. The van der Waals surface area contributed by atoms with E-state index in [4.69, 9.17) is 0 Å². The van der Waals surface area contributed by atoms with Crippen LogP contribution >= 0.6 is 12.4 Å².